The maximum Gasteiger partial charge on any atom is 0.0366 e. The zero-order valence-corrected chi connectivity index (χ0v) is 13.4. The van der Waals surface area contributed by atoms with Crippen LogP contribution in [-0.2, 0) is 6.54 Å². The van der Waals surface area contributed by atoms with Crippen LogP contribution in [0.5, 0.6) is 0 Å². The summed E-state index contributed by atoms with van der Waals surface area (Å²) in [6.07, 6.45) is 5.35. The molecule has 1 N–H and O–H groups in total. The molecule has 3 heteroatoms. The molecule has 1 aromatic carbocycles. The van der Waals surface area contributed by atoms with E-state index >= 15 is 0 Å². The van der Waals surface area contributed by atoms with Gasteiger partial charge >= 0.3 is 0 Å². The van der Waals surface area contributed by atoms with Gasteiger partial charge in [-0.15, -0.1) is 0 Å². The molecule has 0 bridgehead atoms. The van der Waals surface area contributed by atoms with Crippen LogP contribution in [0.4, 0.5) is 5.69 Å². The van der Waals surface area contributed by atoms with E-state index in [0.29, 0.717) is 6.04 Å². The highest BCUT2D eigenvalue weighted by molar-refractivity contribution is 5.48. The first-order chi connectivity index (χ1) is 10.3. The lowest BCUT2D eigenvalue weighted by Crippen LogP contribution is -2.45. The molecule has 3 nitrogen and oxygen atoms in total. The van der Waals surface area contributed by atoms with Gasteiger partial charge in [0, 0.05) is 37.9 Å². The SMILES string of the molecule is CCN1CCCC(NCc2ccc(N3CCCC3)cc2)C1. The minimum absolute atomic E-state index is 0.664. The second kappa shape index (κ2) is 7.28. The Morgan fingerprint density at radius 1 is 1.05 bits per heavy atom. The quantitative estimate of drug-likeness (QED) is 0.898. The highest BCUT2D eigenvalue weighted by Gasteiger charge is 2.18. The number of piperidine rings is 1. The van der Waals surface area contributed by atoms with Gasteiger partial charge in [0.2, 0.25) is 0 Å². The van der Waals surface area contributed by atoms with Crippen molar-refractivity contribution in [1.29, 1.82) is 0 Å². The van der Waals surface area contributed by atoms with E-state index in [-0.39, 0.29) is 0 Å². The van der Waals surface area contributed by atoms with Crippen molar-refractivity contribution in [3.63, 3.8) is 0 Å². The van der Waals surface area contributed by atoms with E-state index in [9.17, 15) is 0 Å². The van der Waals surface area contributed by atoms with Crippen LogP contribution >= 0.6 is 0 Å². The van der Waals surface area contributed by atoms with Crippen LogP contribution in [0.3, 0.4) is 0 Å². The van der Waals surface area contributed by atoms with E-state index < -0.39 is 0 Å². The molecule has 2 aliphatic heterocycles. The number of anilines is 1. The highest BCUT2D eigenvalue weighted by Crippen LogP contribution is 2.20. The third-order valence-corrected chi connectivity index (χ3v) is 4.96. The smallest absolute Gasteiger partial charge is 0.0366 e. The molecule has 0 saturated carbocycles. The monoisotopic (exact) mass is 287 g/mol. The van der Waals surface area contributed by atoms with Gasteiger partial charge in [-0.2, -0.15) is 0 Å². The van der Waals surface area contributed by atoms with Gasteiger partial charge in [0.15, 0.2) is 0 Å². The molecule has 0 spiro atoms. The van der Waals surface area contributed by atoms with Crippen molar-refractivity contribution < 1.29 is 0 Å². The van der Waals surface area contributed by atoms with Gasteiger partial charge in [-0.1, -0.05) is 19.1 Å². The largest absolute Gasteiger partial charge is 0.372 e. The molecule has 116 valence electrons. The lowest BCUT2D eigenvalue weighted by atomic mass is 10.1. The number of nitrogens with zero attached hydrogens (tertiary/aromatic N) is 2. The van der Waals surface area contributed by atoms with Gasteiger partial charge in [0.25, 0.3) is 0 Å². The number of hydrogen-bond donors (Lipinski definition) is 1. The Balaban J connectivity index is 1.48. The summed E-state index contributed by atoms with van der Waals surface area (Å²) in [6.45, 7) is 9.39. The first kappa shape index (κ1) is 14.9. The Bertz CT molecular complexity index is 423. The Hall–Kier alpha value is -1.06. The number of hydrogen-bond acceptors (Lipinski definition) is 3. The molecule has 0 radical (unpaired) electrons. The average molecular weight is 287 g/mol. The first-order valence-corrected chi connectivity index (χ1v) is 8.65. The van der Waals surface area contributed by atoms with E-state index in [4.69, 9.17) is 0 Å². The van der Waals surface area contributed by atoms with Crippen molar-refractivity contribution in [1.82, 2.24) is 10.2 Å². The normalized spacial score (nSPS) is 23.7. The molecule has 3 rings (SSSR count). The van der Waals surface area contributed by atoms with Crippen LogP contribution < -0.4 is 10.2 Å². The van der Waals surface area contributed by atoms with E-state index in [1.807, 2.05) is 0 Å². The van der Waals surface area contributed by atoms with Crippen molar-refractivity contribution in [3.05, 3.63) is 29.8 Å². The van der Waals surface area contributed by atoms with Crippen molar-refractivity contribution in [3.8, 4) is 0 Å². The third kappa shape index (κ3) is 3.98. The molecule has 21 heavy (non-hydrogen) atoms. The summed E-state index contributed by atoms with van der Waals surface area (Å²) in [7, 11) is 0. The van der Waals surface area contributed by atoms with Gasteiger partial charge in [-0.3, -0.25) is 0 Å². The van der Waals surface area contributed by atoms with Crippen LogP contribution in [0, 0.1) is 0 Å². The maximum absolute atomic E-state index is 3.74. The van der Waals surface area contributed by atoms with Crippen molar-refractivity contribution in [2.45, 2.75) is 45.2 Å². The van der Waals surface area contributed by atoms with Crippen LogP contribution in [0.1, 0.15) is 38.2 Å². The van der Waals surface area contributed by atoms with Gasteiger partial charge in [-0.25, -0.2) is 0 Å². The van der Waals surface area contributed by atoms with Crippen LogP contribution in [0.15, 0.2) is 24.3 Å². The predicted molar refractivity (Wildman–Crippen MR) is 89.9 cm³/mol. The fourth-order valence-electron chi connectivity index (χ4n) is 3.57. The molecule has 1 aromatic rings. The lowest BCUT2D eigenvalue weighted by molar-refractivity contribution is 0.198. The van der Waals surface area contributed by atoms with Gasteiger partial charge in [0.1, 0.15) is 0 Å². The maximum atomic E-state index is 3.74. The Morgan fingerprint density at radius 3 is 2.52 bits per heavy atom. The molecule has 2 heterocycles. The molecule has 1 unspecified atom stereocenters. The minimum Gasteiger partial charge on any atom is -0.372 e. The van der Waals surface area contributed by atoms with Crippen LogP contribution in [0.2, 0.25) is 0 Å². The molecule has 0 amide bonds. The second-order valence-electron chi connectivity index (χ2n) is 6.47. The summed E-state index contributed by atoms with van der Waals surface area (Å²) in [4.78, 5) is 5.05. The summed E-state index contributed by atoms with van der Waals surface area (Å²) in [5.74, 6) is 0. The Morgan fingerprint density at radius 2 is 1.81 bits per heavy atom. The zero-order chi connectivity index (χ0) is 14.5. The summed E-state index contributed by atoms with van der Waals surface area (Å²) in [5, 5.41) is 3.74. The standard InChI is InChI=1S/C18H29N3/c1-2-20-11-5-6-17(15-20)19-14-16-7-9-18(10-8-16)21-12-3-4-13-21/h7-10,17,19H,2-6,11-15H2,1H3. The Labute approximate surface area is 129 Å². The van der Waals surface area contributed by atoms with Crippen LogP contribution in [-0.4, -0.2) is 43.7 Å². The molecule has 2 fully saturated rings. The van der Waals surface area contributed by atoms with Crippen molar-refractivity contribution in [2.75, 3.05) is 37.6 Å². The molecule has 2 aliphatic rings. The summed E-state index contributed by atoms with van der Waals surface area (Å²) in [6, 6.07) is 9.84. The van der Waals surface area contributed by atoms with Crippen molar-refractivity contribution >= 4 is 5.69 Å². The first-order valence-electron chi connectivity index (χ1n) is 8.65. The zero-order valence-electron chi connectivity index (χ0n) is 13.4. The molecular formula is C18H29N3. The molecule has 2 saturated heterocycles. The third-order valence-electron chi connectivity index (χ3n) is 4.96. The molecule has 0 aromatic heterocycles. The topological polar surface area (TPSA) is 18.5 Å². The number of likely N-dealkylation sites (N-methyl/N-ethyl adjacent to an activating group) is 1. The number of nitrogens with one attached hydrogen (secondary N) is 1. The molecule has 1 atom stereocenters. The van der Waals surface area contributed by atoms with Gasteiger partial charge < -0.3 is 15.1 Å². The van der Waals surface area contributed by atoms with E-state index in [0.717, 1.165) is 6.54 Å². The van der Waals surface area contributed by atoms with Gasteiger partial charge in [-0.05, 0) is 56.5 Å². The van der Waals surface area contributed by atoms with E-state index in [2.05, 4.69) is 46.3 Å². The van der Waals surface area contributed by atoms with Crippen molar-refractivity contribution in [2.24, 2.45) is 0 Å². The minimum atomic E-state index is 0.664. The summed E-state index contributed by atoms with van der Waals surface area (Å²) < 4.78 is 0. The fourth-order valence-corrected chi connectivity index (χ4v) is 3.57. The summed E-state index contributed by atoms with van der Waals surface area (Å²) in [5.41, 5.74) is 2.80. The number of benzene rings is 1. The average Bonchev–Trinajstić information content (AvgIpc) is 3.08. The van der Waals surface area contributed by atoms with E-state index in [1.165, 1.54) is 69.7 Å². The predicted octanol–water partition coefficient (Wildman–Crippen LogP) is 2.86. The number of rotatable bonds is 5. The summed E-state index contributed by atoms with van der Waals surface area (Å²) >= 11 is 0. The fraction of sp³-hybridized carbons (Fsp3) is 0.667. The molecular weight excluding hydrogens is 258 g/mol. The molecule has 0 aliphatic carbocycles. The number of likely N-dealkylation sites (tertiary alicyclic amines) is 1. The highest BCUT2D eigenvalue weighted by atomic mass is 15.2. The van der Waals surface area contributed by atoms with E-state index in [1.54, 1.807) is 0 Å². The lowest BCUT2D eigenvalue weighted by Gasteiger charge is -2.32. The Kier molecular flexibility index (Phi) is 5.15. The second-order valence-corrected chi connectivity index (χ2v) is 6.47. The van der Waals surface area contributed by atoms with Gasteiger partial charge in [0.05, 0.1) is 0 Å². The van der Waals surface area contributed by atoms with Crippen LogP contribution in [0.25, 0.3) is 0 Å².